The van der Waals surface area contributed by atoms with Crippen molar-refractivity contribution in [1.29, 1.82) is 0 Å². The first-order chi connectivity index (χ1) is 12.8. The van der Waals surface area contributed by atoms with Gasteiger partial charge in [0.05, 0.1) is 12.2 Å². The van der Waals surface area contributed by atoms with Crippen LogP contribution in [0, 0.1) is 0 Å². The zero-order valence-corrected chi connectivity index (χ0v) is 16.8. The highest BCUT2D eigenvalue weighted by atomic mass is 16.6. The van der Waals surface area contributed by atoms with E-state index in [2.05, 4.69) is 0 Å². The van der Waals surface area contributed by atoms with E-state index in [4.69, 9.17) is 9.47 Å². The molecule has 0 saturated carbocycles. The van der Waals surface area contributed by atoms with Crippen molar-refractivity contribution in [3.63, 3.8) is 0 Å². The van der Waals surface area contributed by atoms with Gasteiger partial charge in [-0.1, -0.05) is 30.3 Å². The Kier molecular flexibility index (Phi) is 6.11. The van der Waals surface area contributed by atoms with Gasteiger partial charge in [-0.15, -0.1) is 0 Å². The minimum absolute atomic E-state index is 0.0615. The SMILES string of the molecule is CC(C)(C)OC(=O)N1C2CCCC1CC(O)(CCOCc1ccccc1)C2. The molecule has 1 aromatic rings. The van der Waals surface area contributed by atoms with Crippen molar-refractivity contribution in [2.75, 3.05) is 6.61 Å². The third-order valence-electron chi connectivity index (χ3n) is 5.52. The molecule has 2 unspecified atom stereocenters. The molecule has 0 aliphatic carbocycles. The molecule has 0 radical (unpaired) electrons. The minimum atomic E-state index is -0.759. The monoisotopic (exact) mass is 375 g/mol. The first-order valence-electron chi connectivity index (χ1n) is 10.1. The molecule has 2 aliphatic heterocycles. The molecule has 0 spiro atoms. The van der Waals surface area contributed by atoms with Crippen molar-refractivity contribution >= 4 is 6.09 Å². The van der Waals surface area contributed by atoms with Crippen LogP contribution in [0.25, 0.3) is 0 Å². The number of fused-ring (bicyclic) bond motifs is 2. The van der Waals surface area contributed by atoms with Gasteiger partial charge >= 0.3 is 6.09 Å². The quantitative estimate of drug-likeness (QED) is 0.781. The summed E-state index contributed by atoms with van der Waals surface area (Å²) >= 11 is 0. The maximum Gasteiger partial charge on any atom is 0.410 e. The Morgan fingerprint density at radius 2 is 1.81 bits per heavy atom. The molecule has 2 atom stereocenters. The van der Waals surface area contributed by atoms with Crippen molar-refractivity contribution in [3.8, 4) is 0 Å². The number of hydrogen-bond acceptors (Lipinski definition) is 4. The first-order valence-corrected chi connectivity index (χ1v) is 10.1. The molecule has 2 aliphatic rings. The smallest absolute Gasteiger partial charge is 0.410 e. The fourth-order valence-electron chi connectivity index (χ4n) is 4.37. The third-order valence-corrected chi connectivity index (χ3v) is 5.52. The Morgan fingerprint density at radius 1 is 1.19 bits per heavy atom. The van der Waals surface area contributed by atoms with Gasteiger partial charge in [0.15, 0.2) is 0 Å². The maximum absolute atomic E-state index is 12.7. The molecule has 27 heavy (non-hydrogen) atoms. The van der Waals surface area contributed by atoms with Gasteiger partial charge in [-0.2, -0.15) is 0 Å². The van der Waals surface area contributed by atoms with Gasteiger partial charge in [0.25, 0.3) is 0 Å². The number of carbonyl (C=O) groups excluding carboxylic acids is 1. The van der Waals surface area contributed by atoms with Crippen LogP contribution in [0.5, 0.6) is 0 Å². The lowest BCUT2D eigenvalue weighted by Gasteiger charge is -2.51. The molecular weight excluding hydrogens is 342 g/mol. The number of nitrogens with zero attached hydrogens (tertiary/aromatic N) is 1. The molecule has 0 aromatic heterocycles. The second kappa shape index (κ2) is 8.19. The van der Waals surface area contributed by atoms with Crippen LogP contribution in [0.4, 0.5) is 4.79 Å². The number of benzene rings is 1. The molecule has 2 bridgehead atoms. The van der Waals surface area contributed by atoms with E-state index in [-0.39, 0.29) is 18.2 Å². The van der Waals surface area contributed by atoms with E-state index < -0.39 is 11.2 Å². The molecule has 1 aromatic carbocycles. The molecule has 5 nitrogen and oxygen atoms in total. The summed E-state index contributed by atoms with van der Waals surface area (Å²) in [5.41, 5.74) is -0.115. The predicted octanol–water partition coefficient (Wildman–Crippen LogP) is 4.28. The van der Waals surface area contributed by atoms with E-state index in [1.165, 1.54) is 0 Å². The molecular formula is C22H33NO4. The zero-order valence-electron chi connectivity index (χ0n) is 16.8. The lowest BCUT2D eigenvalue weighted by Crippen LogP contribution is -2.60. The van der Waals surface area contributed by atoms with Gasteiger partial charge in [0, 0.05) is 18.7 Å². The number of rotatable bonds is 5. The second-order valence-electron chi connectivity index (χ2n) is 9.05. The predicted molar refractivity (Wildman–Crippen MR) is 104 cm³/mol. The summed E-state index contributed by atoms with van der Waals surface area (Å²) in [6, 6.07) is 10.2. The zero-order chi connectivity index (χ0) is 19.5. The van der Waals surface area contributed by atoms with Crippen LogP contribution >= 0.6 is 0 Å². The fraction of sp³-hybridized carbons (Fsp3) is 0.682. The summed E-state index contributed by atoms with van der Waals surface area (Å²) in [5.74, 6) is 0. The van der Waals surface area contributed by atoms with Crippen LogP contribution in [-0.2, 0) is 16.1 Å². The van der Waals surface area contributed by atoms with Crippen LogP contribution in [0.2, 0.25) is 0 Å². The molecule has 2 fully saturated rings. The summed E-state index contributed by atoms with van der Waals surface area (Å²) in [5, 5.41) is 11.1. The summed E-state index contributed by atoms with van der Waals surface area (Å²) in [6.45, 7) is 6.77. The summed E-state index contributed by atoms with van der Waals surface area (Å²) in [7, 11) is 0. The normalized spacial score (nSPS) is 28.1. The van der Waals surface area contributed by atoms with E-state index in [1.54, 1.807) is 0 Å². The number of carbonyl (C=O) groups is 1. The molecule has 1 amide bonds. The van der Waals surface area contributed by atoms with Crippen LogP contribution in [0.3, 0.4) is 0 Å². The molecule has 3 rings (SSSR count). The Balaban J connectivity index is 1.54. The van der Waals surface area contributed by atoms with Crippen LogP contribution in [-0.4, -0.2) is 46.0 Å². The fourth-order valence-corrected chi connectivity index (χ4v) is 4.37. The molecule has 1 N–H and O–H groups in total. The standard InChI is InChI=1S/C22H33NO4/c1-21(2,3)27-20(24)23-18-10-7-11-19(23)15-22(25,14-18)12-13-26-16-17-8-5-4-6-9-17/h4-6,8-9,18-19,25H,7,10-16H2,1-3H3. The number of ether oxygens (including phenoxy) is 2. The van der Waals surface area contributed by atoms with Crippen molar-refractivity contribution in [1.82, 2.24) is 4.90 Å². The first kappa shape index (κ1) is 20.2. The van der Waals surface area contributed by atoms with Gasteiger partial charge in [-0.05, 0) is 64.9 Å². The van der Waals surface area contributed by atoms with Gasteiger partial charge in [0.2, 0.25) is 0 Å². The average molecular weight is 376 g/mol. The van der Waals surface area contributed by atoms with Crippen LogP contribution in [0.15, 0.2) is 30.3 Å². The van der Waals surface area contributed by atoms with E-state index in [9.17, 15) is 9.90 Å². The lowest BCUT2D eigenvalue weighted by atomic mass is 9.74. The third kappa shape index (κ3) is 5.45. The van der Waals surface area contributed by atoms with Gasteiger partial charge < -0.3 is 19.5 Å². The molecule has 2 saturated heterocycles. The molecule has 5 heteroatoms. The summed E-state index contributed by atoms with van der Waals surface area (Å²) < 4.78 is 11.4. The van der Waals surface area contributed by atoms with Gasteiger partial charge in [-0.3, -0.25) is 0 Å². The van der Waals surface area contributed by atoms with Crippen molar-refractivity contribution < 1.29 is 19.4 Å². The topological polar surface area (TPSA) is 59.0 Å². The Morgan fingerprint density at radius 3 is 2.41 bits per heavy atom. The van der Waals surface area contributed by atoms with Crippen LogP contribution in [0.1, 0.15) is 64.9 Å². The van der Waals surface area contributed by atoms with Gasteiger partial charge in [0.1, 0.15) is 5.60 Å². The highest BCUT2D eigenvalue weighted by Crippen LogP contribution is 2.41. The summed E-state index contributed by atoms with van der Waals surface area (Å²) in [6.07, 6.45) is 4.56. The Hall–Kier alpha value is -1.59. The second-order valence-corrected chi connectivity index (χ2v) is 9.05. The maximum atomic E-state index is 12.7. The van der Waals surface area contributed by atoms with E-state index in [0.29, 0.717) is 32.5 Å². The highest BCUT2D eigenvalue weighted by Gasteiger charge is 2.48. The van der Waals surface area contributed by atoms with Crippen molar-refractivity contribution in [2.24, 2.45) is 0 Å². The van der Waals surface area contributed by atoms with Crippen molar-refractivity contribution in [2.45, 2.75) is 89.2 Å². The lowest BCUT2D eigenvalue weighted by molar-refractivity contribution is -0.104. The number of hydrogen-bond donors (Lipinski definition) is 1. The van der Waals surface area contributed by atoms with E-state index >= 15 is 0 Å². The number of aliphatic hydroxyl groups is 1. The highest BCUT2D eigenvalue weighted by molar-refractivity contribution is 5.69. The number of amides is 1. The number of piperidine rings is 2. The van der Waals surface area contributed by atoms with E-state index in [0.717, 1.165) is 24.8 Å². The minimum Gasteiger partial charge on any atom is -0.444 e. The Labute approximate surface area is 162 Å². The van der Waals surface area contributed by atoms with Crippen molar-refractivity contribution in [3.05, 3.63) is 35.9 Å². The molecule has 2 heterocycles. The molecule has 150 valence electrons. The van der Waals surface area contributed by atoms with Crippen LogP contribution < -0.4 is 0 Å². The van der Waals surface area contributed by atoms with Gasteiger partial charge in [-0.25, -0.2) is 4.79 Å². The summed E-state index contributed by atoms with van der Waals surface area (Å²) in [4.78, 5) is 14.5. The van der Waals surface area contributed by atoms with E-state index in [1.807, 2.05) is 56.0 Å². The largest absolute Gasteiger partial charge is 0.444 e. The average Bonchev–Trinajstić information content (AvgIpc) is 2.57. The Bertz CT molecular complexity index is 611.